The van der Waals surface area contributed by atoms with E-state index in [2.05, 4.69) is 0 Å². The molecule has 24 heavy (non-hydrogen) atoms. The van der Waals surface area contributed by atoms with Crippen molar-refractivity contribution in [3.63, 3.8) is 0 Å². The summed E-state index contributed by atoms with van der Waals surface area (Å²) in [5, 5.41) is 0. The Labute approximate surface area is 139 Å². The number of hydrogen-bond acceptors (Lipinski definition) is 5. The lowest BCUT2D eigenvalue weighted by molar-refractivity contribution is -0.134. The summed E-state index contributed by atoms with van der Waals surface area (Å²) >= 11 is 0. The predicted octanol–water partition coefficient (Wildman–Crippen LogP) is -0.229. The molecule has 1 aromatic carbocycles. The van der Waals surface area contributed by atoms with Crippen molar-refractivity contribution in [2.75, 3.05) is 39.9 Å². The molecule has 10 heteroatoms. The van der Waals surface area contributed by atoms with Gasteiger partial charge >= 0.3 is 0 Å². The second kappa shape index (κ2) is 7.51. The molecule has 134 valence electrons. The molecule has 1 amide bonds. The van der Waals surface area contributed by atoms with Gasteiger partial charge in [-0.15, -0.1) is 0 Å². The Kier molecular flexibility index (Phi) is 5.86. The van der Waals surface area contributed by atoms with E-state index in [1.54, 1.807) is 0 Å². The van der Waals surface area contributed by atoms with Gasteiger partial charge in [0.05, 0.1) is 6.61 Å². The molecule has 1 aromatic rings. The van der Waals surface area contributed by atoms with Crippen LogP contribution in [0.2, 0.25) is 0 Å². The molecule has 2 rings (SSSR count). The Balaban J connectivity index is 2.07. The molecule has 2 N–H and O–H groups in total. The first-order chi connectivity index (χ1) is 11.3. The third kappa shape index (κ3) is 3.89. The van der Waals surface area contributed by atoms with Crippen molar-refractivity contribution in [3.8, 4) is 0 Å². The van der Waals surface area contributed by atoms with Crippen LogP contribution in [0.5, 0.6) is 0 Å². The monoisotopic (exact) mass is 363 g/mol. The lowest BCUT2D eigenvalue weighted by Crippen LogP contribution is -2.55. The smallest absolute Gasteiger partial charge is 0.246 e. The normalized spacial score (nSPS) is 17.8. The minimum Gasteiger partial charge on any atom is -0.383 e. The highest BCUT2D eigenvalue weighted by molar-refractivity contribution is 7.89. The number of carbonyl (C=O) groups is 1. The molecular formula is C14H19F2N3O4S. The fourth-order valence-corrected chi connectivity index (χ4v) is 3.93. The van der Waals surface area contributed by atoms with Gasteiger partial charge in [-0.1, -0.05) is 0 Å². The van der Waals surface area contributed by atoms with Crippen molar-refractivity contribution < 1.29 is 26.7 Å². The van der Waals surface area contributed by atoms with Crippen molar-refractivity contribution in [3.05, 3.63) is 29.8 Å². The number of benzene rings is 1. The van der Waals surface area contributed by atoms with Crippen LogP contribution in [0.15, 0.2) is 23.1 Å². The largest absolute Gasteiger partial charge is 0.383 e. The predicted molar refractivity (Wildman–Crippen MR) is 81.5 cm³/mol. The highest BCUT2D eigenvalue weighted by Crippen LogP contribution is 2.21. The third-order valence-electron chi connectivity index (χ3n) is 3.73. The van der Waals surface area contributed by atoms with Gasteiger partial charge in [-0.05, 0) is 12.1 Å². The third-order valence-corrected chi connectivity index (χ3v) is 5.66. The fourth-order valence-electron chi connectivity index (χ4n) is 2.46. The van der Waals surface area contributed by atoms with Crippen LogP contribution in [-0.2, 0) is 19.6 Å². The first-order valence-corrected chi connectivity index (χ1v) is 8.70. The zero-order valence-electron chi connectivity index (χ0n) is 13.1. The second-order valence-corrected chi connectivity index (χ2v) is 7.27. The SMILES string of the molecule is COCC(N)C(=O)N1CCN(S(=O)(=O)c2ccc(F)cc2F)CC1. The quantitative estimate of drug-likeness (QED) is 0.780. The van der Waals surface area contributed by atoms with Gasteiger partial charge in [-0.3, -0.25) is 4.79 Å². The van der Waals surface area contributed by atoms with E-state index in [-0.39, 0.29) is 38.7 Å². The zero-order chi connectivity index (χ0) is 17.9. The average Bonchev–Trinajstić information content (AvgIpc) is 2.54. The van der Waals surface area contributed by atoms with Gasteiger partial charge in [0.15, 0.2) is 0 Å². The van der Waals surface area contributed by atoms with E-state index in [1.165, 1.54) is 12.0 Å². The van der Waals surface area contributed by atoms with Crippen molar-refractivity contribution in [2.24, 2.45) is 5.73 Å². The molecule has 1 heterocycles. The molecule has 0 saturated carbocycles. The van der Waals surface area contributed by atoms with Crippen LogP contribution in [0.3, 0.4) is 0 Å². The van der Waals surface area contributed by atoms with Crippen molar-refractivity contribution in [1.29, 1.82) is 0 Å². The van der Waals surface area contributed by atoms with Crippen LogP contribution in [0, 0.1) is 11.6 Å². The molecule has 1 saturated heterocycles. The van der Waals surface area contributed by atoms with Crippen LogP contribution in [0.1, 0.15) is 0 Å². The van der Waals surface area contributed by atoms with Gasteiger partial charge in [0.25, 0.3) is 0 Å². The van der Waals surface area contributed by atoms with Gasteiger partial charge in [-0.2, -0.15) is 4.31 Å². The molecule has 1 atom stereocenters. The van der Waals surface area contributed by atoms with Gasteiger partial charge in [0.2, 0.25) is 15.9 Å². The standard InChI is InChI=1S/C14H19F2N3O4S/c1-23-9-12(17)14(20)18-4-6-19(7-5-18)24(21,22)13-3-2-10(15)8-11(13)16/h2-3,8,12H,4-7,9,17H2,1H3. The summed E-state index contributed by atoms with van der Waals surface area (Å²) < 4.78 is 57.5. The number of methoxy groups -OCH3 is 1. The van der Waals surface area contributed by atoms with Gasteiger partial charge in [0, 0.05) is 39.4 Å². The number of ether oxygens (including phenoxy) is 1. The fraction of sp³-hybridized carbons (Fsp3) is 0.500. The highest BCUT2D eigenvalue weighted by atomic mass is 32.2. The van der Waals surface area contributed by atoms with Crippen molar-refractivity contribution in [2.45, 2.75) is 10.9 Å². The van der Waals surface area contributed by atoms with E-state index in [0.29, 0.717) is 6.07 Å². The summed E-state index contributed by atoms with van der Waals surface area (Å²) in [4.78, 5) is 12.9. The molecule has 1 fully saturated rings. The van der Waals surface area contributed by atoms with E-state index < -0.39 is 32.6 Å². The number of hydrogen-bond donors (Lipinski definition) is 1. The molecule has 0 aromatic heterocycles. The minimum atomic E-state index is -4.09. The number of piperazine rings is 1. The summed E-state index contributed by atoms with van der Waals surface area (Å²) in [6.45, 7) is 0.351. The Hall–Kier alpha value is -1.62. The molecule has 1 aliphatic heterocycles. The number of nitrogens with two attached hydrogens (primary N) is 1. The maximum Gasteiger partial charge on any atom is 0.246 e. The van der Waals surface area contributed by atoms with E-state index in [4.69, 9.17) is 10.5 Å². The summed E-state index contributed by atoms with van der Waals surface area (Å²) in [5.74, 6) is -2.33. The van der Waals surface area contributed by atoms with Gasteiger partial charge in [0.1, 0.15) is 22.6 Å². The number of nitrogens with zero attached hydrogens (tertiary/aromatic N) is 2. The maximum atomic E-state index is 13.8. The molecule has 1 aliphatic rings. The molecule has 1 unspecified atom stereocenters. The van der Waals surface area contributed by atoms with Gasteiger partial charge in [-0.25, -0.2) is 17.2 Å². The summed E-state index contributed by atoms with van der Waals surface area (Å²) in [6, 6.07) is 1.50. The molecule has 0 radical (unpaired) electrons. The van der Waals surface area contributed by atoms with Gasteiger partial charge < -0.3 is 15.4 Å². The lowest BCUT2D eigenvalue weighted by Gasteiger charge is -2.35. The van der Waals surface area contributed by atoms with Crippen molar-refractivity contribution in [1.82, 2.24) is 9.21 Å². The molecule has 7 nitrogen and oxygen atoms in total. The van der Waals surface area contributed by atoms with E-state index in [9.17, 15) is 22.0 Å². The Morgan fingerprint density at radius 3 is 2.46 bits per heavy atom. The molecule has 0 bridgehead atoms. The number of halogens is 2. The van der Waals surface area contributed by atoms with E-state index in [0.717, 1.165) is 16.4 Å². The molecule has 0 aliphatic carbocycles. The number of rotatable bonds is 5. The first-order valence-electron chi connectivity index (χ1n) is 7.26. The van der Waals surface area contributed by atoms with Crippen LogP contribution >= 0.6 is 0 Å². The first kappa shape index (κ1) is 18.7. The van der Waals surface area contributed by atoms with Crippen LogP contribution < -0.4 is 5.73 Å². The summed E-state index contributed by atoms with van der Waals surface area (Å²) in [7, 11) is -2.67. The summed E-state index contributed by atoms with van der Waals surface area (Å²) in [5.41, 5.74) is 5.67. The molecule has 0 spiro atoms. The van der Waals surface area contributed by atoms with Crippen LogP contribution in [0.4, 0.5) is 8.78 Å². The lowest BCUT2D eigenvalue weighted by atomic mass is 10.2. The average molecular weight is 363 g/mol. The Morgan fingerprint density at radius 2 is 1.92 bits per heavy atom. The zero-order valence-corrected chi connectivity index (χ0v) is 13.9. The Bertz CT molecular complexity index is 706. The minimum absolute atomic E-state index is 0.00456. The van der Waals surface area contributed by atoms with E-state index >= 15 is 0 Å². The summed E-state index contributed by atoms with van der Waals surface area (Å²) in [6.07, 6.45) is 0. The number of carbonyl (C=O) groups excluding carboxylic acids is 1. The van der Waals surface area contributed by atoms with Crippen LogP contribution in [0.25, 0.3) is 0 Å². The Morgan fingerprint density at radius 1 is 1.29 bits per heavy atom. The second-order valence-electron chi connectivity index (χ2n) is 5.37. The number of sulfonamides is 1. The van der Waals surface area contributed by atoms with E-state index in [1.807, 2.05) is 0 Å². The number of amides is 1. The van der Waals surface area contributed by atoms with Crippen molar-refractivity contribution >= 4 is 15.9 Å². The molecular weight excluding hydrogens is 344 g/mol. The van der Waals surface area contributed by atoms with Crippen LogP contribution in [-0.4, -0.2) is 69.5 Å². The maximum absolute atomic E-state index is 13.8. The highest BCUT2D eigenvalue weighted by Gasteiger charge is 2.33. The topological polar surface area (TPSA) is 92.9 Å².